The number of aryl methyl sites for hydroxylation is 1. The van der Waals surface area contributed by atoms with Crippen molar-refractivity contribution in [3.05, 3.63) is 34.5 Å². The van der Waals surface area contributed by atoms with Crippen molar-refractivity contribution in [1.82, 2.24) is 0 Å². The maximum Gasteiger partial charge on any atom is 0.186 e. The topological polar surface area (TPSA) is 46.3 Å². The number of para-hydroxylation sites is 1. The number of hydrogen-bond donors (Lipinski definition) is 1. The maximum absolute atomic E-state index is 11.6. The molecule has 0 aliphatic heterocycles. The number of phenolic OH excluding ortho intramolecular Hbond substituents is 1. The fourth-order valence-corrected chi connectivity index (χ4v) is 1.11. The monoisotopic (exact) mass is 207 g/mol. The zero-order valence-electron chi connectivity index (χ0n) is 9.61. The van der Waals surface area contributed by atoms with Crippen LogP contribution in [0.3, 0.4) is 0 Å². The third-order valence-electron chi connectivity index (χ3n) is 2.19. The Bertz CT molecular complexity index is 389. The van der Waals surface area contributed by atoms with E-state index >= 15 is 0 Å². The van der Waals surface area contributed by atoms with E-state index in [0.29, 0.717) is 5.56 Å². The van der Waals surface area contributed by atoms with E-state index in [1.807, 2.05) is 26.8 Å². The molecule has 0 unspecified atom stereocenters. The second-order valence-electron chi connectivity index (χ2n) is 4.64. The molecule has 1 aromatic carbocycles. The van der Waals surface area contributed by atoms with Crippen molar-refractivity contribution in [3.63, 3.8) is 0 Å². The summed E-state index contributed by atoms with van der Waals surface area (Å²) in [5.41, 5.74) is 0.835. The van der Waals surface area contributed by atoms with Crippen LogP contribution in [0.1, 0.15) is 31.9 Å². The number of benzene rings is 1. The molecule has 3 heteroatoms. The van der Waals surface area contributed by atoms with Gasteiger partial charge >= 0.3 is 0 Å². The second-order valence-corrected chi connectivity index (χ2v) is 4.64. The zero-order valence-corrected chi connectivity index (χ0v) is 9.61. The Hall–Kier alpha value is -1.51. The molecular formula is C12H17NO2. The van der Waals surface area contributed by atoms with E-state index in [0.717, 1.165) is 10.3 Å². The van der Waals surface area contributed by atoms with Gasteiger partial charge in [0.2, 0.25) is 0 Å². The van der Waals surface area contributed by atoms with Crippen molar-refractivity contribution >= 4 is 6.21 Å². The minimum atomic E-state index is -0.490. The molecule has 0 saturated heterocycles. The van der Waals surface area contributed by atoms with Crippen molar-refractivity contribution in [3.8, 4) is 5.75 Å². The minimum absolute atomic E-state index is 0.169. The highest BCUT2D eigenvalue weighted by molar-refractivity contribution is 5.80. The lowest BCUT2D eigenvalue weighted by Crippen LogP contribution is -2.29. The Morgan fingerprint density at radius 1 is 1.33 bits per heavy atom. The van der Waals surface area contributed by atoms with Gasteiger partial charge < -0.3 is 10.3 Å². The Morgan fingerprint density at radius 2 is 1.93 bits per heavy atom. The highest BCUT2D eigenvalue weighted by atomic mass is 16.5. The molecule has 0 heterocycles. The Balaban J connectivity index is 3.15. The number of rotatable bonds is 1. The van der Waals surface area contributed by atoms with Gasteiger partial charge in [-0.2, -0.15) is 0 Å². The van der Waals surface area contributed by atoms with Crippen LogP contribution in [0, 0.1) is 12.1 Å². The van der Waals surface area contributed by atoms with Gasteiger partial charge in [0.25, 0.3) is 0 Å². The molecule has 0 aliphatic rings. The van der Waals surface area contributed by atoms with E-state index in [-0.39, 0.29) is 5.75 Å². The van der Waals surface area contributed by atoms with Gasteiger partial charge in [-0.3, -0.25) is 0 Å². The largest absolute Gasteiger partial charge is 0.623 e. The van der Waals surface area contributed by atoms with Crippen LogP contribution < -0.4 is 0 Å². The SMILES string of the molecule is Cc1cccc(C=[N+]([O-])C(C)(C)C)c1O. The van der Waals surface area contributed by atoms with Gasteiger partial charge in [0.1, 0.15) is 5.75 Å². The molecule has 1 N–H and O–H groups in total. The number of hydroxylamine groups is 1. The highest BCUT2D eigenvalue weighted by Crippen LogP contribution is 2.20. The first kappa shape index (κ1) is 11.6. The van der Waals surface area contributed by atoms with Crippen LogP contribution >= 0.6 is 0 Å². The third kappa shape index (κ3) is 2.72. The molecule has 0 saturated carbocycles. The van der Waals surface area contributed by atoms with Crippen LogP contribution in [0.25, 0.3) is 0 Å². The van der Waals surface area contributed by atoms with Gasteiger partial charge in [0.05, 0.1) is 5.56 Å². The summed E-state index contributed by atoms with van der Waals surface area (Å²) in [5.74, 6) is 0.169. The van der Waals surface area contributed by atoms with Crippen LogP contribution in [0.15, 0.2) is 18.2 Å². The van der Waals surface area contributed by atoms with Crippen molar-refractivity contribution in [2.24, 2.45) is 0 Å². The highest BCUT2D eigenvalue weighted by Gasteiger charge is 2.18. The second kappa shape index (κ2) is 3.93. The third-order valence-corrected chi connectivity index (χ3v) is 2.19. The molecule has 82 valence electrons. The average Bonchev–Trinajstić information content (AvgIpc) is 2.11. The number of phenols is 1. The Labute approximate surface area is 90.3 Å². The van der Waals surface area contributed by atoms with E-state index in [1.165, 1.54) is 6.21 Å². The fourth-order valence-electron chi connectivity index (χ4n) is 1.11. The lowest BCUT2D eigenvalue weighted by Gasteiger charge is -2.18. The van der Waals surface area contributed by atoms with Gasteiger partial charge in [0.15, 0.2) is 11.8 Å². The van der Waals surface area contributed by atoms with E-state index in [9.17, 15) is 10.3 Å². The molecule has 1 aromatic rings. The summed E-state index contributed by atoms with van der Waals surface area (Å²) in [6, 6.07) is 5.34. The van der Waals surface area contributed by atoms with Gasteiger partial charge in [-0.1, -0.05) is 12.1 Å². The average molecular weight is 207 g/mol. The molecule has 1 rings (SSSR count). The Morgan fingerprint density at radius 3 is 2.47 bits per heavy atom. The standard InChI is InChI=1S/C12H17NO2/c1-9-6-5-7-10(11(9)14)8-13(15)12(2,3)4/h5-8,14H,1-4H3. The molecule has 0 aromatic heterocycles. The van der Waals surface area contributed by atoms with Crippen molar-refractivity contribution in [2.45, 2.75) is 33.2 Å². The molecule has 0 radical (unpaired) electrons. The number of nitrogens with zero attached hydrogens (tertiary/aromatic N) is 1. The zero-order chi connectivity index (χ0) is 11.6. The van der Waals surface area contributed by atoms with Crippen molar-refractivity contribution in [2.75, 3.05) is 0 Å². The van der Waals surface area contributed by atoms with Gasteiger partial charge in [-0.05, 0) is 18.6 Å². The van der Waals surface area contributed by atoms with E-state index < -0.39 is 5.54 Å². The molecule has 15 heavy (non-hydrogen) atoms. The summed E-state index contributed by atoms with van der Waals surface area (Å²) in [7, 11) is 0. The van der Waals surface area contributed by atoms with Crippen LogP contribution in [0.5, 0.6) is 5.75 Å². The Kier molecular flexibility index (Phi) is 3.03. The molecule has 0 aliphatic carbocycles. The predicted molar refractivity (Wildman–Crippen MR) is 61.4 cm³/mol. The summed E-state index contributed by atoms with van der Waals surface area (Å²) in [4.78, 5) is 0. The molecule has 0 bridgehead atoms. The van der Waals surface area contributed by atoms with Gasteiger partial charge in [0, 0.05) is 20.8 Å². The number of hydrogen-bond acceptors (Lipinski definition) is 2. The lowest BCUT2D eigenvalue weighted by molar-refractivity contribution is -0.530. The minimum Gasteiger partial charge on any atom is -0.623 e. The van der Waals surface area contributed by atoms with Crippen LogP contribution in [-0.4, -0.2) is 21.6 Å². The van der Waals surface area contributed by atoms with Crippen LogP contribution in [0.4, 0.5) is 0 Å². The molecular weight excluding hydrogens is 190 g/mol. The van der Waals surface area contributed by atoms with E-state index in [1.54, 1.807) is 19.1 Å². The summed E-state index contributed by atoms with van der Waals surface area (Å²) < 4.78 is 0.849. The smallest absolute Gasteiger partial charge is 0.186 e. The molecule has 0 amide bonds. The van der Waals surface area contributed by atoms with E-state index in [2.05, 4.69) is 0 Å². The summed E-state index contributed by atoms with van der Waals surface area (Å²) >= 11 is 0. The molecule has 0 spiro atoms. The first-order chi connectivity index (χ1) is 6.82. The first-order valence-electron chi connectivity index (χ1n) is 4.92. The predicted octanol–water partition coefficient (Wildman–Crippen LogP) is 2.43. The normalized spacial score (nSPS) is 12.9. The first-order valence-corrected chi connectivity index (χ1v) is 4.92. The van der Waals surface area contributed by atoms with Crippen LogP contribution in [0.2, 0.25) is 0 Å². The quantitative estimate of drug-likeness (QED) is 0.333. The summed E-state index contributed by atoms with van der Waals surface area (Å²) in [5, 5.41) is 21.4. The molecule has 0 atom stereocenters. The summed E-state index contributed by atoms with van der Waals surface area (Å²) in [6.45, 7) is 7.27. The molecule has 0 fully saturated rings. The summed E-state index contributed by atoms with van der Waals surface area (Å²) in [6.07, 6.45) is 1.42. The van der Waals surface area contributed by atoms with Gasteiger partial charge in [-0.15, -0.1) is 0 Å². The van der Waals surface area contributed by atoms with Crippen LogP contribution in [-0.2, 0) is 0 Å². The fraction of sp³-hybridized carbons (Fsp3) is 0.417. The molecule has 3 nitrogen and oxygen atoms in total. The lowest BCUT2D eigenvalue weighted by atomic mass is 10.1. The van der Waals surface area contributed by atoms with E-state index in [4.69, 9.17) is 0 Å². The van der Waals surface area contributed by atoms with Gasteiger partial charge in [-0.25, -0.2) is 4.74 Å². The number of aromatic hydroxyl groups is 1. The van der Waals surface area contributed by atoms with Crippen molar-refractivity contribution in [1.29, 1.82) is 0 Å². The van der Waals surface area contributed by atoms with Crippen molar-refractivity contribution < 1.29 is 9.85 Å². The maximum atomic E-state index is 11.6.